The van der Waals surface area contributed by atoms with Crippen LogP contribution >= 0.6 is 0 Å². The number of carbonyl (C=O) groups excluding carboxylic acids is 1. The first-order valence-electron chi connectivity index (χ1n) is 5.87. The standard InChI is InChI=1S/C15H14FNO2/c1-17-13-6-7-14(11(8-13)9-18)15(19)10-2-4-12(16)5-3-10/h2-8,17-18H,9H2,1H3. The number of ketones is 1. The molecule has 0 bridgehead atoms. The third-order valence-electron chi connectivity index (χ3n) is 2.92. The van der Waals surface area contributed by atoms with Crippen LogP contribution < -0.4 is 5.32 Å². The Morgan fingerprint density at radius 3 is 2.47 bits per heavy atom. The highest BCUT2D eigenvalue weighted by Gasteiger charge is 2.13. The van der Waals surface area contributed by atoms with Gasteiger partial charge in [0.25, 0.3) is 0 Å². The Morgan fingerprint density at radius 2 is 1.89 bits per heavy atom. The molecule has 0 heterocycles. The lowest BCUT2D eigenvalue weighted by atomic mass is 9.98. The molecule has 2 rings (SSSR count). The summed E-state index contributed by atoms with van der Waals surface area (Å²) in [5.41, 5.74) is 2.18. The van der Waals surface area contributed by atoms with E-state index in [1.165, 1.54) is 24.3 Å². The highest BCUT2D eigenvalue weighted by molar-refractivity contribution is 6.10. The van der Waals surface area contributed by atoms with Crippen molar-refractivity contribution in [3.05, 3.63) is 65.0 Å². The van der Waals surface area contributed by atoms with Gasteiger partial charge in [-0.3, -0.25) is 4.79 Å². The van der Waals surface area contributed by atoms with E-state index in [0.29, 0.717) is 16.7 Å². The van der Waals surface area contributed by atoms with Crippen LogP contribution in [0, 0.1) is 5.82 Å². The summed E-state index contributed by atoms with van der Waals surface area (Å²) in [5, 5.41) is 12.3. The Balaban J connectivity index is 2.40. The van der Waals surface area contributed by atoms with Crippen LogP contribution in [0.5, 0.6) is 0 Å². The summed E-state index contributed by atoms with van der Waals surface area (Å²) in [5.74, 6) is -0.615. The van der Waals surface area contributed by atoms with Crippen LogP contribution in [0.25, 0.3) is 0 Å². The average Bonchev–Trinajstić information content (AvgIpc) is 2.46. The van der Waals surface area contributed by atoms with Gasteiger partial charge in [0.1, 0.15) is 5.82 Å². The molecule has 0 spiro atoms. The predicted molar refractivity (Wildman–Crippen MR) is 71.7 cm³/mol. The minimum Gasteiger partial charge on any atom is -0.392 e. The molecule has 0 saturated heterocycles. The summed E-state index contributed by atoms with van der Waals surface area (Å²) >= 11 is 0. The zero-order valence-electron chi connectivity index (χ0n) is 10.5. The molecule has 2 aromatic rings. The van der Waals surface area contributed by atoms with E-state index in [2.05, 4.69) is 5.32 Å². The van der Waals surface area contributed by atoms with Crippen molar-refractivity contribution < 1.29 is 14.3 Å². The number of rotatable bonds is 4. The van der Waals surface area contributed by atoms with Gasteiger partial charge in [-0.15, -0.1) is 0 Å². The molecule has 0 aromatic heterocycles. The molecule has 4 heteroatoms. The lowest BCUT2D eigenvalue weighted by Gasteiger charge is -2.09. The zero-order chi connectivity index (χ0) is 13.8. The quantitative estimate of drug-likeness (QED) is 0.830. The van der Waals surface area contributed by atoms with Crippen LogP contribution in [-0.4, -0.2) is 17.9 Å². The molecular weight excluding hydrogens is 245 g/mol. The molecule has 0 radical (unpaired) electrons. The molecule has 0 saturated carbocycles. The van der Waals surface area contributed by atoms with Crippen LogP contribution in [0.2, 0.25) is 0 Å². The number of aliphatic hydroxyl groups is 1. The number of carbonyl (C=O) groups is 1. The maximum absolute atomic E-state index is 12.8. The maximum atomic E-state index is 12.8. The van der Waals surface area contributed by atoms with Crippen molar-refractivity contribution in [1.82, 2.24) is 0 Å². The first-order valence-corrected chi connectivity index (χ1v) is 5.87. The van der Waals surface area contributed by atoms with Crippen molar-refractivity contribution in [3.8, 4) is 0 Å². The van der Waals surface area contributed by atoms with E-state index in [1.54, 1.807) is 25.2 Å². The van der Waals surface area contributed by atoms with Crippen molar-refractivity contribution in [2.24, 2.45) is 0 Å². The highest BCUT2D eigenvalue weighted by atomic mass is 19.1. The fraction of sp³-hybridized carbons (Fsp3) is 0.133. The average molecular weight is 259 g/mol. The molecule has 0 aliphatic heterocycles. The molecular formula is C15H14FNO2. The largest absolute Gasteiger partial charge is 0.392 e. The second kappa shape index (κ2) is 5.63. The van der Waals surface area contributed by atoms with E-state index in [1.807, 2.05) is 0 Å². The molecule has 98 valence electrons. The van der Waals surface area contributed by atoms with Gasteiger partial charge >= 0.3 is 0 Å². The van der Waals surface area contributed by atoms with E-state index in [0.717, 1.165) is 5.69 Å². The number of aliphatic hydroxyl groups excluding tert-OH is 1. The third-order valence-corrected chi connectivity index (χ3v) is 2.92. The molecule has 19 heavy (non-hydrogen) atoms. The predicted octanol–water partition coefficient (Wildman–Crippen LogP) is 2.59. The van der Waals surface area contributed by atoms with Crippen molar-refractivity contribution in [1.29, 1.82) is 0 Å². The molecule has 2 aromatic carbocycles. The maximum Gasteiger partial charge on any atom is 0.193 e. The van der Waals surface area contributed by atoms with Crippen LogP contribution in [-0.2, 0) is 6.61 Å². The number of hydrogen-bond acceptors (Lipinski definition) is 3. The van der Waals surface area contributed by atoms with Gasteiger partial charge in [-0.1, -0.05) is 0 Å². The van der Waals surface area contributed by atoms with Gasteiger partial charge < -0.3 is 10.4 Å². The third kappa shape index (κ3) is 2.80. The second-order valence-corrected chi connectivity index (χ2v) is 4.12. The first-order chi connectivity index (χ1) is 9.15. The topological polar surface area (TPSA) is 49.3 Å². The molecule has 0 aliphatic carbocycles. The zero-order valence-corrected chi connectivity index (χ0v) is 10.5. The lowest BCUT2D eigenvalue weighted by Crippen LogP contribution is -2.06. The Hall–Kier alpha value is -2.20. The monoisotopic (exact) mass is 259 g/mol. The van der Waals surface area contributed by atoms with Gasteiger partial charge in [0.15, 0.2) is 5.78 Å². The Kier molecular flexibility index (Phi) is 3.92. The summed E-state index contributed by atoms with van der Waals surface area (Å²) in [6.45, 7) is -0.224. The number of benzene rings is 2. The summed E-state index contributed by atoms with van der Waals surface area (Å²) in [7, 11) is 1.76. The van der Waals surface area contributed by atoms with E-state index >= 15 is 0 Å². The summed E-state index contributed by atoms with van der Waals surface area (Å²) in [6, 6.07) is 10.5. The lowest BCUT2D eigenvalue weighted by molar-refractivity contribution is 0.103. The number of anilines is 1. The molecule has 0 amide bonds. The summed E-state index contributed by atoms with van der Waals surface area (Å²) in [4.78, 5) is 12.3. The van der Waals surface area contributed by atoms with Gasteiger partial charge in [-0.05, 0) is 48.0 Å². The molecule has 0 atom stereocenters. The van der Waals surface area contributed by atoms with Gasteiger partial charge in [-0.2, -0.15) is 0 Å². The van der Waals surface area contributed by atoms with Crippen molar-refractivity contribution in [2.45, 2.75) is 6.61 Å². The van der Waals surface area contributed by atoms with Gasteiger partial charge in [0.2, 0.25) is 0 Å². The smallest absolute Gasteiger partial charge is 0.193 e. The van der Waals surface area contributed by atoms with E-state index in [4.69, 9.17) is 0 Å². The van der Waals surface area contributed by atoms with E-state index in [-0.39, 0.29) is 18.2 Å². The molecule has 0 aliphatic rings. The van der Waals surface area contributed by atoms with Crippen LogP contribution in [0.15, 0.2) is 42.5 Å². The van der Waals surface area contributed by atoms with Gasteiger partial charge in [0, 0.05) is 23.9 Å². The van der Waals surface area contributed by atoms with Crippen molar-refractivity contribution in [2.75, 3.05) is 12.4 Å². The van der Waals surface area contributed by atoms with Gasteiger partial charge in [-0.25, -0.2) is 4.39 Å². The fourth-order valence-electron chi connectivity index (χ4n) is 1.86. The summed E-state index contributed by atoms with van der Waals surface area (Å²) in [6.07, 6.45) is 0. The second-order valence-electron chi connectivity index (χ2n) is 4.12. The van der Waals surface area contributed by atoms with Crippen LogP contribution in [0.4, 0.5) is 10.1 Å². The van der Waals surface area contributed by atoms with Crippen LogP contribution in [0.3, 0.4) is 0 Å². The fourth-order valence-corrected chi connectivity index (χ4v) is 1.86. The summed E-state index contributed by atoms with van der Waals surface area (Å²) < 4.78 is 12.8. The van der Waals surface area contributed by atoms with Crippen molar-refractivity contribution in [3.63, 3.8) is 0 Å². The number of hydrogen-bond donors (Lipinski definition) is 2. The molecule has 2 N–H and O–H groups in total. The molecule has 0 fully saturated rings. The van der Waals surface area contributed by atoms with E-state index in [9.17, 15) is 14.3 Å². The highest BCUT2D eigenvalue weighted by Crippen LogP contribution is 2.19. The Labute approximate surface area is 110 Å². The normalized spacial score (nSPS) is 10.3. The Bertz CT molecular complexity index is 594. The Morgan fingerprint density at radius 1 is 1.21 bits per heavy atom. The molecule has 0 unspecified atom stereocenters. The number of halogens is 1. The SMILES string of the molecule is CNc1ccc(C(=O)c2ccc(F)cc2)c(CO)c1. The van der Waals surface area contributed by atoms with Gasteiger partial charge in [0.05, 0.1) is 6.61 Å². The molecule has 3 nitrogen and oxygen atoms in total. The van der Waals surface area contributed by atoms with E-state index < -0.39 is 0 Å². The minimum absolute atomic E-state index is 0.224. The first kappa shape index (κ1) is 13.2. The minimum atomic E-state index is -0.385. The van der Waals surface area contributed by atoms with Crippen LogP contribution in [0.1, 0.15) is 21.5 Å². The number of nitrogens with one attached hydrogen (secondary N) is 1. The van der Waals surface area contributed by atoms with Crippen molar-refractivity contribution >= 4 is 11.5 Å².